The summed E-state index contributed by atoms with van der Waals surface area (Å²) in [6, 6.07) is 8.38. The Kier molecular flexibility index (Phi) is 5.59. The van der Waals surface area contributed by atoms with Gasteiger partial charge in [0.05, 0.1) is 11.7 Å². The van der Waals surface area contributed by atoms with Gasteiger partial charge < -0.3 is 20.7 Å². The summed E-state index contributed by atoms with van der Waals surface area (Å²) in [7, 11) is 0. The van der Waals surface area contributed by atoms with Crippen LogP contribution in [0.4, 0.5) is 0 Å². The van der Waals surface area contributed by atoms with E-state index in [-0.39, 0.29) is 11.3 Å². The Bertz CT molecular complexity index is 575. The van der Waals surface area contributed by atoms with Crippen molar-refractivity contribution in [3.8, 4) is 0 Å². The lowest BCUT2D eigenvalue weighted by Crippen LogP contribution is -2.33. The summed E-state index contributed by atoms with van der Waals surface area (Å²) < 4.78 is 5.78. The molecule has 118 valence electrons. The molecule has 0 bridgehead atoms. The molecule has 0 aliphatic carbocycles. The van der Waals surface area contributed by atoms with Crippen LogP contribution in [0.3, 0.4) is 0 Å². The Morgan fingerprint density at radius 3 is 2.55 bits per heavy atom. The van der Waals surface area contributed by atoms with Gasteiger partial charge in [0.25, 0.3) is 0 Å². The van der Waals surface area contributed by atoms with Gasteiger partial charge in [0, 0.05) is 11.5 Å². The monoisotopic (exact) mass is 323 g/mol. The lowest BCUT2D eigenvalue weighted by atomic mass is 10.1. The first kappa shape index (κ1) is 16.5. The second-order valence-corrected chi connectivity index (χ2v) is 5.94. The molecule has 0 aromatic heterocycles. The molecule has 1 aliphatic heterocycles. The minimum atomic E-state index is -1.07. The fourth-order valence-electron chi connectivity index (χ4n) is 2.09. The number of benzene rings is 1. The third-order valence-corrected chi connectivity index (χ3v) is 4.38. The summed E-state index contributed by atoms with van der Waals surface area (Å²) in [6.45, 7) is 0. The van der Waals surface area contributed by atoms with Gasteiger partial charge >= 0.3 is 11.9 Å². The van der Waals surface area contributed by atoms with E-state index < -0.39 is 30.2 Å². The molecule has 22 heavy (non-hydrogen) atoms. The minimum absolute atomic E-state index is 0.199. The van der Waals surface area contributed by atoms with Crippen LogP contribution in [0.25, 0.3) is 0 Å². The van der Waals surface area contributed by atoms with Crippen molar-refractivity contribution in [1.82, 2.24) is 0 Å². The van der Waals surface area contributed by atoms with Crippen LogP contribution in [0.2, 0.25) is 0 Å². The molecule has 6 nitrogen and oxygen atoms in total. The molecule has 0 saturated carbocycles. The van der Waals surface area contributed by atoms with Crippen LogP contribution in [0.1, 0.15) is 11.7 Å². The van der Waals surface area contributed by atoms with Gasteiger partial charge in [-0.3, -0.25) is 4.79 Å². The predicted molar refractivity (Wildman–Crippen MR) is 82.7 cm³/mol. The van der Waals surface area contributed by atoms with Crippen LogP contribution in [0.15, 0.2) is 42.0 Å². The lowest BCUT2D eigenvalue weighted by Gasteiger charge is -2.16. The highest BCUT2D eigenvalue weighted by Crippen LogP contribution is 2.33. The number of rotatable bonds is 7. The molecule has 3 unspecified atom stereocenters. The van der Waals surface area contributed by atoms with E-state index >= 15 is 0 Å². The minimum Gasteiger partial charge on any atom is -0.480 e. The maximum absolute atomic E-state index is 11.3. The van der Waals surface area contributed by atoms with Gasteiger partial charge in [0.2, 0.25) is 0 Å². The topological polar surface area (TPSA) is 110 Å². The summed E-state index contributed by atoms with van der Waals surface area (Å²) in [6.07, 6.45) is 0.625. The number of hydrogen-bond acceptors (Lipinski definition) is 5. The van der Waals surface area contributed by atoms with E-state index in [1.54, 1.807) is 6.08 Å². The van der Waals surface area contributed by atoms with Gasteiger partial charge in [-0.1, -0.05) is 30.3 Å². The van der Waals surface area contributed by atoms with Crippen molar-refractivity contribution in [2.75, 3.05) is 11.5 Å². The Labute approximate surface area is 132 Å². The Hall–Kier alpha value is -1.83. The summed E-state index contributed by atoms with van der Waals surface area (Å²) in [5.41, 5.74) is 6.51. The quantitative estimate of drug-likeness (QED) is 0.693. The molecule has 7 heteroatoms. The molecule has 2 rings (SSSR count). The molecule has 0 radical (unpaired) electrons. The average molecular weight is 323 g/mol. The number of ether oxygens (including phenoxy) is 1. The van der Waals surface area contributed by atoms with E-state index in [4.69, 9.17) is 15.6 Å². The number of hydrogen-bond donors (Lipinski definition) is 3. The molecule has 0 amide bonds. The van der Waals surface area contributed by atoms with Crippen LogP contribution in [-0.2, 0) is 14.3 Å². The summed E-state index contributed by atoms with van der Waals surface area (Å²) in [4.78, 5) is 22.0. The van der Waals surface area contributed by atoms with Crippen molar-refractivity contribution in [3.05, 3.63) is 47.5 Å². The van der Waals surface area contributed by atoms with Crippen LogP contribution in [0.5, 0.6) is 0 Å². The zero-order valence-corrected chi connectivity index (χ0v) is 12.5. The van der Waals surface area contributed by atoms with Crippen LogP contribution < -0.4 is 5.73 Å². The SMILES string of the molecule is NC(CSCC1OC(c2ccccc2)C=C1C(=O)O)C(=O)O. The fraction of sp³-hybridized carbons (Fsp3) is 0.333. The third-order valence-electron chi connectivity index (χ3n) is 3.25. The van der Waals surface area contributed by atoms with Crippen LogP contribution in [0, 0.1) is 0 Å². The van der Waals surface area contributed by atoms with Gasteiger partial charge in [-0.05, 0) is 11.6 Å². The van der Waals surface area contributed by atoms with E-state index in [9.17, 15) is 14.7 Å². The summed E-state index contributed by atoms with van der Waals surface area (Å²) in [5, 5.41) is 18.0. The number of carboxylic acids is 2. The molecule has 3 atom stereocenters. The Morgan fingerprint density at radius 1 is 1.27 bits per heavy atom. The van der Waals surface area contributed by atoms with Crippen molar-refractivity contribution < 1.29 is 24.5 Å². The maximum atomic E-state index is 11.3. The summed E-state index contributed by atoms with van der Waals surface area (Å²) >= 11 is 1.27. The van der Waals surface area contributed by atoms with E-state index in [1.165, 1.54) is 11.8 Å². The molecular formula is C15H17NO5S. The molecule has 1 heterocycles. The van der Waals surface area contributed by atoms with E-state index in [0.29, 0.717) is 5.75 Å². The third kappa shape index (κ3) is 4.09. The maximum Gasteiger partial charge on any atom is 0.334 e. The van der Waals surface area contributed by atoms with Crippen molar-refractivity contribution in [2.45, 2.75) is 18.2 Å². The fourth-order valence-corrected chi connectivity index (χ4v) is 3.09. The first-order valence-corrected chi connectivity index (χ1v) is 7.86. The molecular weight excluding hydrogens is 306 g/mol. The smallest absolute Gasteiger partial charge is 0.334 e. The number of carbonyl (C=O) groups is 2. The normalized spacial score (nSPS) is 22.1. The van der Waals surface area contributed by atoms with Gasteiger partial charge in [0.1, 0.15) is 12.1 Å². The first-order chi connectivity index (χ1) is 10.5. The zero-order valence-electron chi connectivity index (χ0n) is 11.7. The lowest BCUT2D eigenvalue weighted by molar-refractivity contribution is -0.138. The van der Waals surface area contributed by atoms with Crippen molar-refractivity contribution in [3.63, 3.8) is 0 Å². The largest absolute Gasteiger partial charge is 0.480 e. The molecule has 0 fully saturated rings. The molecule has 0 saturated heterocycles. The zero-order chi connectivity index (χ0) is 16.1. The van der Waals surface area contributed by atoms with Crippen LogP contribution in [-0.4, -0.2) is 45.8 Å². The Morgan fingerprint density at radius 2 is 1.95 bits per heavy atom. The first-order valence-electron chi connectivity index (χ1n) is 6.70. The number of aliphatic carboxylic acids is 2. The highest BCUT2D eigenvalue weighted by atomic mass is 32.2. The van der Waals surface area contributed by atoms with E-state index in [2.05, 4.69) is 0 Å². The highest BCUT2D eigenvalue weighted by Gasteiger charge is 2.32. The average Bonchev–Trinajstić information content (AvgIpc) is 2.92. The van der Waals surface area contributed by atoms with E-state index in [1.807, 2.05) is 30.3 Å². The molecule has 1 aliphatic rings. The van der Waals surface area contributed by atoms with Crippen molar-refractivity contribution in [2.24, 2.45) is 5.73 Å². The second kappa shape index (κ2) is 7.44. The van der Waals surface area contributed by atoms with Gasteiger partial charge in [-0.15, -0.1) is 0 Å². The number of nitrogens with two attached hydrogens (primary N) is 1. The molecule has 4 N–H and O–H groups in total. The number of carboxylic acid groups (broad SMARTS) is 2. The number of thioether (sulfide) groups is 1. The molecule has 1 aromatic rings. The standard InChI is InChI=1S/C15H17NO5S/c16-11(15(19)20)7-22-8-13-10(14(17)18)6-12(21-13)9-4-2-1-3-5-9/h1-6,11-13H,7-8,16H2,(H,17,18)(H,19,20). The highest BCUT2D eigenvalue weighted by molar-refractivity contribution is 7.99. The van der Waals surface area contributed by atoms with Gasteiger partial charge in [0.15, 0.2) is 0 Å². The molecule has 0 spiro atoms. The van der Waals surface area contributed by atoms with Gasteiger partial charge in [-0.25, -0.2) is 4.79 Å². The molecule has 1 aromatic carbocycles. The van der Waals surface area contributed by atoms with Crippen molar-refractivity contribution in [1.29, 1.82) is 0 Å². The van der Waals surface area contributed by atoms with Crippen LogP contribution >= 0.6 is 11.8 Å². The van der Waals surface area contributed by atoms with E-state index in [0.717, 1.165) is 5.56 Å². The van der Waals surface area contributed by atoms with Gasteiger partial charge in [-0.2, -0.15) is 11.8 Å². The van der Waals surface area contributed by atoms with Crippen molar-refractivity contribution >= 4 is 23.7 Å². The summed E-state index contributed by atoms with van der Waals surface area (Å²) in [5.74, 6) is -1.54. The predicted octanol–water partition coefficient (Wildman–Crippen LogP) is 1.28. The second-order valence-electron chi connectivity index (χ2n) is 4.87. The Balaban J connectivity index is 1.99.